The number of anilines is 1. The Morgan fingerprint density at radius 2 is 1.63 bits per heavy atom. The molecule has 6 heteroatoms. The van der Waals surface area contributed by atoms with E-state index in [4.69, 9.17) is 4.74 Å². The number of carbonyl (C=O) groups excluding carboxylic acids is 2. The van der Waals surface area contributed by atoms with Crippen LogP contribution in [-0.4, -0.2) is 11.9 Å². The summed E-state index contributed by atoms with van der Waals surface area (Å²) in [5.74, 6) is -1.38. The molecule has 0 fully saturated rings. The SMILES string of the molecule is Cc1ccc(NC(=O)[C@@H](OC(=O)c2cccc[n+]2[O-])c2ccccc2)cc1. The maximum absolute atomic E-state index is 12.8. The van der Waals surface area contributed by atoms with E-state index in [2.05, 4.69) is 5.32 Å². The minimum Gasteiger partial charge on any atom is -0.618 e. The van der Waals surface area contributed by atoms with Crippen LogP contribution in [-0.2, 0) is 9.53 Å². The quantitative estimate of drug-likeness (QED) is 0.429. The van der Waals surface area contributed by atoms with Gasteiger partial charge in [0.1, 0.15) is 0 Å². The second kappa shape index (κ2) is 8.14. The van der Waals surface area contributed by atoms with Gasteiger partial charge in [0.05, 0.1) is 0 Å². The van der Waals surface area contributed by atoms with Crippen LogP contribution >= 0.6 is 0 Å². The number of pyridine rings is 1. The molecule has 0 aliphatic carbocycles. The Kier molecular flexibility index (Phi) is 5.47. The third-order valence-electron chi connectivity index (χ3n) is 3.92. The van der Waals surface area contributed by atoms with Gasteiger partial charge in [-0.05, 0) is 25.1 Å². The molecule has 0 saturated heterocycles. The van der Waals surface area contributed by atoms with Gasteiger partial charge in [-0.1, -0.05) is 48.0 Å². The first-order valence-electron chi connectivity index (χ1n) is 8.36. The molecule has 1 aromatic heterocycles. The summed E-state index contributed by atoms with van der Waals surface area (Å²) in [6, 6.07) is 20.3. The first-order chi connectivity index (χ1) is 13.0. The number of hydrogen-bond acceptors (Lipinski definition) is 4. The Bertz CT molecular complexity index is 940. The molecule has 1 heterocycles. The van der Waals surface area contributed by atoms with Gasteiger partial charge in [-0.25, -0.2) is 4.79 Å². The van der Waals surface area contributed by atoms with E-state index in [0.717, 1.165) is 5.56 Å². The van der Waals surface area contributed by atoms with Crippen molar-refractivity contribution in [2.45, 2.75) is 13.0 Å². The average Bonchev–Trinajstić information content (AvgIpc) is 2.68. The van der Waals surface area contributed by atoms with Crippen LogP contribution in [0.1, 0.15) is 27.7 Å². The summed E-state index contributed by atoms with van der Waals surface area (Å²) in [7, 11) is 0. The fourth-order valence-corrected chi connectivity index (χ4v) is 2.50. The number of aromatic nitrogens is 1. The molecule has 0 unspecified atom stereocenters. The predicted octanol–water partition coefficient (Wildman–Crippen LogP) is 3.17. The second-order valence-corrected chi connectivity index (χ2v) is 5.96. The maximum Gasteiger partial charge on any atom is 0.406 e. The van der Waals surface area contributed by atoms with Gasteiger partial charge in [-0.2, -0.15) is 4.73 Å². The van der Waals surface area contributed by atoms with Crippen LogP contribution < -0.4 is 10.0 Å². The maximum atomic E-state index is 12.8. The number of ether oxygens (including phenoxy) is 1. The molecular weight excluding hydrogens is 344 g/mol. The van der Waals surface area contributed by atoms with Gasteiger partial charge in [0.2, 0.25) is 6.10 Å². The predicted molar refractivity (Wildman–Crippen MR) is 99.8 cm³/mol. The zero-order valence-electron chi connectivity index (χ0n) is 14.7. The molecule has 0 aliphatic heterocycles. The zero-order chi connectivity index (χ0) is 19.2. The van der Waals surface area contributed by atoms with Crippen LogP contribution in [0.5, 0.6) is 0 Å². The zero-order valence-corrected chi connectivity index (χ0v) is 14.7. The molecule has 0 aliphatic rings. The lowest BCUT2D eigenvalue weighted by molar-refractivity contribution is -0.608. The van der Waals surface area contributed by atoms with Gasteiger partial charge in [0.15, 0.2) is 6.20 Å². The highest BCUT2D eigenvalue weighted by Crippen LogP contribution is 2.21. The number of nitrogens with zero attached hydrogens (tertiary/aromatic N) is 1. The van der Waals surface area contributed by atoms with Crippen molar-refractivity contribution in [1.82, 2.24) is 0 Å². The standard InChI is InChI=1S/C21H18N2O4/c1-15-10-12-17(13-11-15)22-20(24)19(16-7-3-2-4-8-16)27-21(25)18-9-5-6-14-23(18)26/h2-14,19H,1H3,(H,22,24)/t19-/m0/s1. The summed E-state index contributed by atoms with van der Waals surface area (Å²) >= 11 is 0. The lowest BCUT2D eigenvalue weighted by atomic mass is 10.1. The molecule has 136 valence electrons. The van der Waals surface area contributed by atoms with Crippen molar-refractivity contribution >= 4 is 17.6 Å². The highest BCUT2D eigenvalue weighted by molar-refractivity contribution is 5.97. The lowest BCUT2D eigenvalue weighted by Gasteiger charge is -2.17. The third-order valence-corrected chi connectivity index (χ3v) is 3.92. The summed E-state index contributed by atoms with van der Waals surface area (Å²) in [5.41, 5.74) is 1.95. The molecule has 1 amide bonds. The summed E-state index contributed by atoms with van der Waals surface area (Å²) in [5, 5.41) is 14.5. The first-order valence-corrected chi connectivity index (χ1v) is 8.36. The molecule has 0 radical (unpaired) electrons. The first kappa shape index (κ1) is 18.1. The van der Waals surface area contributed by atoms with Crippen LogP contribution in [0.2, 0.25) is 0 Å². The van der Waals surface area contributed by atoms with Crippen LogP contribution in [0.3, 0.4) is 0 Å². The summed E-state index contributed by atoms with van der Waals surface area (Å²) in [6.45, 7) is 1.94. The van der Waals surface area contributed by atoms with Gasteiger partial charge in [0, 0.05) is 23.4 Å². The average molecular weight is 362 g/mol. The Hall–Kier alpha value is -3.67. The van der Waals surface area contributed by atoms with Crippen LogP contribution in [0.15, 0.2) is 79.0 Å². The number of amides is 1. The fraction of sp³-hybridized carbons (Fsp3) is 0.0952. The van der Waals surface area contributed by atoms with Crippen molar-refractivity contribution in [2.75, 3.05) is 5.32 Å². The van der Waals surface area contributed by atoms with Gasteiger partial charge >= 0.3 is 11.7 Å². The van der Waals surface area contributed by atoms with Gasteiger partial charge in [-0.3, -0.25) is 4.79 Å². The Labute approximate surface area is 156 Å². The fourth-order valence-electron chi connectivity index (χ4n) is 2.50. The van der Waals surface area contributed by atoms with Crippen LogP contribution in [0, 0.1) is 12.1 Å². The summed E-state index contributed by atoms with van der Waals surface area (Å²) < 4.78 is 5.79. The molecule has 3 rings (SSSR count). The van der Waals surface area contributed by atoms with Crippen LogP contribution in [0.25, 0.3) is 0 Å². The number of aryl methyl sites for hydroxylation is 1. The van der Waals surface area contributed by atoms with Crippen molar-refractivity contribution in [3.63, 3.8) is 0 Å². The number of benzene rings is 2. The van der Waals surface area contributed by atoms with Crippen molar-refractivity contribution < 1.29 is 19.1 Å². The van der Waals surface area contributed by atoms with E-state index in [9.17, 15) is 14.8 Å². The van der Waals surface area contributed by atoms with E-state index in [1.54, 1.807) is 48.5 Å². The van der Waals surface area contributed by atoms with E-state index in [1.165, 1.54) is 18.3 Å². The van der Waals surface area contributed by atoms with E-state index < -0.39 is 18.0 Å². The minimum atomic E-state index is -1.19. The Morgan fingerprint density at radius 1 is 0.963 bits per heavy atom. The molecule has 0 spiro atoms. The molecule has 27 heavy (non-hydrogen) atoms. The van der Waals surface area contributed by atoms with Gasteiger partial charge < -0.3 is 15.3 Å². The molecule has 0 bridgehead atoms. The van der Waals surface area contributed by atoms with Crippen molar-refractivity contribution in [2.24, 2.45) is 0 Å². The molecule has 3 aromatic rings. The van der Waals surface area contributed by atoms with E-state index in [-0.39, 0.29) is 5.69 Å². The van der Waals surface area contributed by atoms with Gasteiger partial charge in [-0.15, -0.1) is 0 Å². The number of rotatable bonds is 5. The number of nitrogens with one attached hydrogen (secondary N) is 1. The van der Waals surface area contributed by atoms with Crippen molar-refractivity contribution in [1.29, 1.82) is 0 Å². The molecule has 0 saturated carbocycles. The highest BCUT2D eigenvalue weighted by atomic mass is 16.6. The smallest absolute Gasteiger partial charge is 0.406 e. The molecule has 1 N–H and O–H groups in total. The van der Waals surface area contributed by atoms with E-state index >= 15 is 0 Å². The molecule has 2 aromatic carbocycles. The number of esters is 1. The summed E-state index contributed by atoms with van der Waals surface area (Å²) in [4.78, 5) is 25.2. The summed E-state index contributed by atoms with van der Waals surface area (Å²) in [6.07, 6.45) is 0.000681. The highest BCUT2D eigenvalue weighted by Gasteiger charge is 2.28. The van der Waals surface area contributed by atoms with Gasteiger partial charge in [0.25, 0.3) is 5.91 Å². The van der Waals surface area contributed by atoms with Crippen molar-refractivity contribution in [3.8, 4) is 0 Å². The third kappa shape index (κ3) is 4.49. The normalized spacial score (nSPS) is 11.4. The van der Waals surface area contributed by atoms with E-state index in [1.807, 2.05) is 19.1 Å². The minimum absolute atomic E-state index is 0.193. The monoisotopic (exact) mass is 362 g/mol. The van der Waals surface area contributed by atoms with Crippen LogP contribution in [0.4, 0.5) is 5.69 Å². The Morgan fingerprint density at radius 3 is 2.30 bits per heavy atom. The lowest BCUT2D eigenvalue weighted by Crippen LogP contribution is -2.36. The molecule has 1 atom stereocenters. The number of carbonyl (C=O) groups is 2. The molecule has 6 nitrogen and oxygen atoms in total. The topological polar surface area (TPSA) is 82.3 Å². The van der Waals surface area contributed by atoms with Crippen molar-refractivity contribution in [3.05, 3.63) is 101 Å². The van der Waals surface area contributed by atoms with E-state index in [0.29, 0.717) is 16.0 Å². The number of hydrogen-bond donors (Lipinski definition) is 1. The molecular formula is C21H18N2O4. The Balaban J connectivity index is 1.85. The second-order valence-electron chi connectivity index (χ2n) is 5.96. The largest absolute Gasteiger partial charge is 0.618 e.